The number of nitrogens with two attached hydrogens (primary N) is 1. The average Bonchev–Trinajstić information content (AvgIpc) is 2.04. The molecule has 0 heterocycles. The number of benzene rings is 1. The van der Waals surface area contributed by atoms with Crippen LogP contribution in [0.3, 0.4) is 0 Å². The summed E-state index contributed by atoms with van der Waals surface area (Å²) in [6.45, 7) is 1.74. The fraction of sp³-hybridized carbons (Fsp3) is 0.222. The van der Waals surface area contributed by atoms with Gasteiger partial charge in [0.15, 0.2) is 0 Å². The van der Waals surface area contributed by atoms with Crippen molar-refractivity contribution in [3.63, 3.8) is 0 Å². The van der Waals surface area contributed by atoms with Gasteiger partial charge in [0.1, 0.15) is 6.10 Å². The molecule has 1 aromatic carbocycles. The molecule has 1 atom stereocenters. The van der Waals surface area contributed by atoms with Gasteiger partial charge < -0.3 is 10.5 Å². The van der Waals surface area contributed by atoms with Crippen molar-refractivity contribution in [1.29, 1.82) is 0 Å². The summed E-state index contributed by atoms with van der Waals surface area (Å²) < 4.78 is 4.77. The van der Waals surface area contributed by atoms with Gasteiger partial charge in [-0.2, -0.15) is 0 Å². The molecular weight excluding hydrogens is 190 g/mol. The zero-order valence-electron chi connectivity index (χ0n) is 7.16. The lowest BCUT2D eigenvalue weighted by Gasteiger charge is -2.11. The van der Waals surface area contributed by atoms with Gasteiger partial charge in [0.05, 0.1) is 0 Å². The first kappa shape index (κ1) is 9.86. The summed E-state index contributed by atoms with van der Waals surface area (Å²) in [6.07, 6.45) is -1.11. The largest absolute Gasteiger partial charge is 0.442 e. The molecule has 0 saturated heterocycles. The van der Waals surface area contributed by atoms with E-state index < -0.39 is 6.09 Å². The van der Waals surface area contributed by atoms with E-state index >= 15 is 0 Å². The van der Waals surface area contributed by atoms with Crippen LogP contribution in [0.15, 0.2) is 24.3 Å². The summed E-state index contributed by atoms with van der Waals surface area (Å²) in [6, 6.07) is 7.04. The number of carbonyl (C=O) groups is 1. The number of carbonyl (C=O) groups excluding carboxylic acids is 1. The van der Waals surface area contributed by atoms with Crippen LogP contribution in [0.1, 0.15) is 18.6 Å². The molecule has 70 valence electrons. The van der Waals surface area contributed by atoms with Crippen LogP contribution in [0.2, 0.25) is 5.02 Å². The maximum atomic E-state index is 10.4. The Morgan fingerprint density at radius 3 is 2.46 bits per heavy atom. The molecule has 1 rings (SSSR count). The first-order valence-electron chi connectivity index (χ1n) is 3.81. The quantitative estimate of drug-likeness (QED) is 0.796. The summed E-state index contributed by atoms with van der Waals surface area (Å²) in [7, 11) is 0. The molecule has 4 heteroatoms. The summed E-state index contributed by atoms with van der Waals surface area (Å²) in [4.78, 5) is 10.4. The number of ether oxygens (including phenoxy) is 1. The fourth-order valence-corrected chi connectivity index (χ4v) is 1.10. The predicted molar refractivity (Wildman–Crippen MR) is 50.5 cm³/mol. The predicted octanol–water partition coefficient (Wildman–Crippen LogP) is 2.50. The van der Waals surface area contributed by atoms with Crippen LogP contribution in [0.5, 0.6) is 0 Å². The minimum Gasteiger partial charge on any atom is -0.442 e. The molecule has 0 aromatic heterocycles. The monoisotopic (exact) mass is 199 g/mol. The van der Waals surface area contributed by atoms with E-state index in [-0.39, 0.29) is 6.10 Å². The van der Waals surface area contributed by atoms with Gasteiger partial charge >= 0.3 is 6.09 Å². The maximum absolute atomic E-state index is 10.4. The van der Waals surface area contributed by atoms with Gasteiger partial charge in [-0.25, -0.2) is 4.79 Å². The molecule has 3 nitrogen and oxygen atoms in total. The molecule has 0 aliphatic rings. The van der Waals surface area contributed by atoms with E-state index in [0.717, 1.165) is 5.56 Å². The van der Waals surface area contributed by atoms with Crippen molar-refractivity contribution in [2.75, 3.05) is 0 Å². The number of halogens is 1. The minimum atomic E-state index is -0.776. The Hall–Kier alpha value is -1.22. The van der Waals surface area contributed by atoms with E-state index in [9.17, 15) is 4.79 Å². The lowest BCUT2D eigenvalue weighted by atomic mass is 10.1. The van der Waals surface area contributed by atoms with Crippen molar-refractivity contribution >= 4 is 17.7 Å². The van der Waals surface area contributed by atoms with Crippen LogP contribution in [-0.2, 0) is 4.74 Å². The van der Waals surface area contributed by atoms with Crippen molar-refractivity contribution in [2.24, 2.45) is 5.73 Å². The Bertz CT molecular complexity index is 297. The van der Waals surface area contributed by atoms with Crippen molar-refractivity contribution in [3.8, 4) is 0 Å². The number of hydrogen-bond donors (Lipinski definition) is 1. The fourth-order valence-electron chi connectivity index (χ4n) is 0.976. The van der Waals surface area contributed by atoms with Crippen LogP contribution in [0.25, 0.3) is 0 Å². The molecule has 0 saturated carbocycles. The summed E-state index contributed by atoms with van der Waals surface area (Å²) in [5, 5.41) is 0.648. The Morgan fingerprint density at radius 2 is 2.00 bits per heavy atom. The Balaban J connectivity index is 2.71. The zero-order valence-corrected chi connectivity index (χ0v) is 7.91. The average molecular weight is 200 g/mol. The van der Waals surface area contributed by atoms with E-state index in [0.29, 0.717) is 5.02 Å². The molecule has 0 bridgehead atoms. The minimum absolute atomic E-state index is 0.338. The van der Waals surface area contributed by atoms with E-state index in [1.165, 1.54) is 0 Å². The molecule has 1 amide bonds. The van der Waals surface area contributed by atoms with E-state index in [1.54, 1.807) is 31.2 Å². The number of hydrogen-bond acceptors (Lipinski definition) is 2. The van der Waals surface area contributed by atoms with E-state index in [2.05, 4.69) is 0 Å². The van der Waals surface area contributed by atoms with Crippen LogP contribution in [0.4, 0.5) is 4.79 Å². The number of rotatable bonds is 2. The van der Waals surface area contributed by atoms with Crippen LogP contribution >= 0.6 is 11.6 Å². The highest BCUT2D eigenvalue weighted by atomic mass is 35.5. The molecule has 0 aliphatic heterocycles. The standard InChI is InChI=1S/C9H10ClNO2/c1-6(13-9(11)12)7-2-4-8(10)5-3-7/h2-6H,1H3,(H2,11,12)/t6-/m1/s1. The Kier molecular flexibility index (Phi) is 3.14. The zero-order chi connectivity index (χ0) is 9.84. The van der Waals surface area contributed by atoms with Crippen molar-refractivity contribution < 1.29 is 9.53 Å². The second-order valence-electron chi connectivity index (χ2n) is 2.63. The first-order valence-corrected chi connectivity index (χ1v) is 4.19. The highest BCUT2D eigenvalue weighted by molar-refractivity contribution is 6.30. The smallest absolute Gasteiger partial charge is 0.405 e. The normalized spacial score (nSPS) is 12.2. The molecule has 2 N–H and O–H groups in total. The van der Waals surface area contributed by atoms with Crippen LogP contribution in [-0.4, -0.2) is 6.09 Å². The topological polar surface area (TPSA) is 52.3 Å². The lowest BCUT2D eigenvalue weighted by molar-refractivity contribution is 0.116. The van der Waals surface area contributed by atoms with Crippen molar-refractivity contribution in [2.45, 2.75) is 13.0 Å². The Morgan fingerprint density at radius 1 is 1.46 bits per heavy atom. The van der Waals surface area contributed by atoms with Gasteiger partial charge in [-0.05, 0) is 24.6 Å². The summed E-state index contributed by atoms with van der Waals surface area (Å²) in [5.74, 6) is 0. The molecule has 0 spiro atoms. The van der Waals surface area contributed by atoms with Gasteiger partial charge in [-0.1, -0.05) is 23.7 Å². The van der Waals surface area contributed by atoms with Crippen molar-refractivity contribution in [3.05, 3.63) is 34.9 Å². The molecular formula is C9H10ClNO2. The van der Waals surface area contributed by atoms with E-state index in [1.807, 2.05) is 0 Å². The summed E-state index contributed by atoms with van der Waals surface area (Å²) >= 11 is 5.69. The van der Waals surface area contributed by atoms with Gasteiger partial charge in [0.2, 0.25) is 0 Å². The van der Waals surface area contributed by atoms with E-state index in [4.69, 9.17) is 22.1 Å². The lowest BCUT2D eigenvalue weighted by Crippen LogP contribution is -2.15. The van der Waals surface area contributed by atoms with Gasteiger partial charge in [-0.3, -0.25) is 0 Å². The molecule has 1 aromatic rings. The SMILES string of the molecule is C[C@@H](OC(N)=O)c1ccc(Cl)cc1. The first-order chi connectivity index (χ1) is 6.09. The second-order valence-corrected chi connectivity index (χ2v) is 3.07. The van der Waals surface area contributed by atoms with Crippen LogP contribution in [0, 0.1) is 0 Å². The number of primary amides is 1. The molecule has 0 aliphatic carbocycles. The van der Waals surface area contributed by atoms with Crippen molar-refractivity contribution in [1.82, 2.24) is 0 Å². The maximum Gasteiger partial charge on any atom is 0.405 e. The van der Waals surface area contributed by atoms with Gasteiger partial charge in [0.25, 0.3) is 0 Å². The number of amides is 1. The highest BCUT2D eigenvalue weighted by Gasteiger charge is 2.07. The highest BCUT2D eigenvalue weighted by Crippen LogP contribution is 2.18. The Labute approximate surface area is 81.4 Å². The van der Waals surface area contributed by atoms with Crippen LogP contribution < -0.4 is 5.73 Å². The third-order valence-corrected chi connectivity index (χ3v) is 1.88. The van der Waals surface area contributed by atoms with Gasteiger partial charge in [0, 0.05) is 5.02 Å². The third-order valence-electron chi connectivity index (χ3n) is 1.63. The molecule has 0 unspecified atom stereocenters. The molecule has 13 heavy (non-hydrogen) atoms. The third kappa shape index (κ3) is 2.95. The second kappa shape index (κ2) is 4.14. The molecule has 0 radical (unpaired) electrons. The summed E-state index contributed by atoms with van der Waals surface area (Å²) in [5.41, 5.74) is 5.74. The molecule has 0 fully saturated rings. The van der Waals surface area contributed by atoms with Gasteiger partial charge in [-0.15, -0.1) is 0 Å².